The van der Waals surface area contributed by atoms with E-state index in [0.29, 0.717) is 19.3 Å². The summed E-state index contributed by atoms with van der Waals surface area (Å²) in [5.41, 5.74) is 0. The number of hydrogen-bond donors (Lipinski definition) is 0. The fourth-order valence-electron chi connectivity index (χ4n) is 5.43. The first-order valence-corrected chi connectivity index (χ1v) is 21.5. The van der Waals surface area contributed by atoms with Crippen LogP contribution in [0.5, 0.6) is 0 Å². The van der Waals surface area contributed by atoms with Crippen LogP contribution in [0.2, 0.25) is 0 Å². The van der Waals surface area contributed by atoms with Gasteiger partial charge in [-0.05, 0) is 89.9 Å². The minimum atomic E-state index is -0.815. The first kappa shape index (κ1) is 49.9. The lowest BCUT2D eigenvalue weighted by molar-refractivity contribution is -0.167. The third-order valence-electron chi connectivity index (χ3n) is 8.69. The van der Waals surface area contributed by atoms with Crippen molar-refractivity contribution >= 4 is 17.9 Å². The number of hydrogen-bond acceptors (Lipinski definition) is 6. The molecule has 0 aliphatic heterocycles. The zero-order chi connectivity index (χ0) is 38.7. The van der Waals surface area contributed by atoms with Gasteiger partial charge in [0.05, 0.1) is 0 Å². The van der Waals surface area contributed by atoms with E-state index in [0.717, 1.165) is 89.9 Å². The van der Waals surface area contributed by atoms with Gasteiger partial charge in [-0.25, -0.2) is 0 Å². The van der Waals surface area contributed by atoms with Crippen LogP contribution in [0.3, 0.4) is 0 Å². The van der Waals surface area contributed by atoms with Gasteiger partial charge in [0.2, 0.25) is 0 Å². The van der Waals surface area contributed by atoms with Crippen LogP contribution in [-0.2, 0) is 28.6 Å². The number of ether oxygens (including phenoxy) is 3. The average Bonchev–Trinajstić information content (AvgIpc) is 3.15. The van der Waals surface area contributed by atoms with Gasteiger partial charge in [0.25, 0.3) is 0 Å². The van der Waals surface area contributed by atoms with E-state index in [-0.39, 0.29) is 37.5 Å². The van der Waals surface area contributed by atoms with Crippen LogP contribution in [0.15, 0.2) is 72.9 Å². The summed E-state index contributed by atoms with van der Waals surface area (Å²) < 4.78 is 16.6. The molecule has 6 nitrogen and oxygen atoms in total. The Morgan fingerprint density at radius 3 is 1.40 bits per heavy atom. The van der Waals surface area contributed by atoms with Crippen LogP contribution < -0.4 is 0 Å². The monoisotopic (exact) mass is 739 g/mol. The summed E-state index contributed by atoms with van der Waals surface area (Å²) in [5.74, 6) is -1.02. The Bertz CT molecular complexity index is 1030. The minimum Gasteiger partial charge on any atom is -0.462 e. The molecule has 0 bridgehead atoms. The molecular weight excluding hydrogens is 661 g/mol. The molecule has 0 fully saturated rings. The highest BCUT2D eigenvalue weighted by atomic mass is 16.6. The Morgan fingerprint density at radius 1 is 0.415 bits per heavy atom. The standard InChI is InChI=1S/C47H78O6/c1-4-7-10-13-16-19-22-23-26-28-31-34-37-40-46(49)52-43-44(53-47(50)41-38-35-32-29-25-21-18-15-12-9-6-3)42-51-45(48)39-36-33-30-27-24-20-17-14-11-8-5-2/h9,12,14,17-18,20-21,23-24,26,29,32,44H,4-8,10-11,13,15-16,19,22,25,27-28,30-31,33-43H2,1-3H3/b12-9-,17-14-,21-18-,24-20-,26-23-,32-29-. The second-order valence-corrected chi connectivity index (χ2v) is 13.9. The number of esters is 3. The lowest BCUT2D eigenvalue weighted by Crippen LogP contribution is -2.30. The largest absolute Gasteiger partial charge is 0.462 e. The van der Waals surface area contributed by atoms with Gasteiger partial charge < -0.3 is 14.2 Å². The number of rotatable bonds is 37. The molecule has 0 aromatic carbocycles. The third kappa shape index (κ3) is 39.9. The van der Waals surface area contributed by atoms with Crippen molar-refractivity contribution in [2.24, 2.45) is 0 Å². The molecule has 0 amide bonds. The van der Waals surface area contributed by atoms with E-state index in [4.69, 9.17) is 14.2 Å². The molecule has 0 saturated carbocycles. The SMILES string of the molecule is CC/C=C\C/C=C\C/C=C\CCCC(=O)OC(COC(=O)CCCCC/C=C\C=C/CCCC)COC(=O)CCCCC/C=C\CCCCCCCC. The first-order chi connectivity index (χ1) is 26.0. The second kappa shape index (κ2) is 41.6. The van der Waals surface area contributed by atoms with Crippen molar-refractivity contribution < 1.29 is 28.6 Å². The molecule has 0 saturated heterocycles. The van der Waals surface area contributed by atoms with Crippen LogP contribution in [0.25, 0.3) is 0 Å². The molecule has 0 aromatic heterocycles. The van der Waals surface area contributed by atoms with E-state index < -0.39 is 6.10 Å². The highest BCUT2D eigenvalue weighted by Gasteiger charge is 2.19. The molecule has 302 valence electrons. The number of allylic oxidation sites excluding steroid dienone is 12. The van der Waals surface area contributed by atoms with Gasteiger partial charge in [0, 0.05) is 19.3 Å². The topological polar surface area (TPSA) is 78.9 Å². The third-order valence-corrected chi connectivity index (χ3v) is 8.69. The Morgan fingerprint density at radius 2 is 0.830 bits per heavy atom. The van der Waals surface area contributed by atoms with Gasteiger partial charge >= 0.3 is 17.9 Å². The molecule has 1 unspecified atom stereocenters. The molecule has 0 heterocycles. The van der Waals surface area contributed by atoms with E-state index in [1.165, 1.54) is 51.4 Å². The zero-order valence-electron chi connectivity index (χ0n) is 34.3. The van der Waals surface area contributed by atoms with Crippen molar-refractivity contribution in [2.75, 3.05) is 13.2 Å². The summed E-state index contributed by atoms with van der Waals surface area (Å²) >= 11 is 0. The van der Waals surface area contributed by atoms with Gasteiger partial charge in [-0.2, -0.15) is 0 Å². The molecule has 0 spiro atoms. The van der Waals surface area contributed by atoms with Crippen LogP contribution in [0.4, 0.5) is 0 Å². The molecule has 0 aliphatic carbocycles. The highest BCUT2D eigenvalue weighted by Crippen LogP contribution is 2.11. The Balaban J connectivity index is 4.51. The van der Waals surface area contributed by atoms with Gasteiger partial charge in [-0.1, -0.05) is 151 Å². The fraction of sp³-hybridized carbons (Fsp3) is 0.681. The van der Waals surface area contributed by atoms with Crippen molar-refractivity contribution in [1.82, 2.24) is 0 Å². The van der Waals surface area contributed by atoms with Crippen molar-refractivity contribution in [3.63, 3.8) is 0 Å². The smallest absolute Gasteiger partial charge is 0.306 e. The summed E-state index contributed by atoms with van der Waals surface area (Å²) in [5, 5.41) is 0. The first-order valence-electron chi connectivity index (χ1n) is 21.5. The van der Waals surface area contributed by atoms with Gasteiger partial charge in [0.1, 0.15) is 13.2 Å². The summed E-state index contributed by atoms with van der Waals surface area (Å²) in [4.78, 5) is 37.6. The van der Waals surface area contributed by atoms with Crippen LogP contribution in [0.1, 0.15) is 188 Å². The predicted octanol–water partition coefficient (Wildman–Crippen LogP) is 13.5. The Kier molecular flexibility index (Phi) is 39.1. The molecule has 6 heteroatoms. The summed E-state index contributed by atoms with van der Waals surface area (Å²) in [6, 6.07) is 0. The number of unbranched alkanes of at least 4 members (excludes halogenated alkanes) is 15. The quantitative estimate of drug-likeness (QED) is 0.0208. The summed E-state index contributed by atoms with van der Waals surface area (Å²) in [6.45, 7) is 6.34. The average molecular weight is 739 g/mol. The van der Waals surface area contributed by atoms with Crippen molar-refractivity contribution in [2.45, 2.75) is 194 Å². The lowest BCUT2D eigenvalue weighted by atomic mass is 10.1. The van der Waals surface area contributed by atoms with Crippen LogP contribution >= 0.6 is 0 Å². The van der Waals surface area contributed by atoms with E-state index in [9.17, 15) is 14.4 Å². The van der Waals surface area contributed by atoms with Crippen molar-refractivity contribution in [1.29, 1.82) is 0 Å². The maximum absolute atomic E-state index is 12.6. The maximum atomic E-state index is 12.6. The molecule has 0 radical (unpaired) electrons. The lowest BCUT2D eigenvalue weighted by Gasteiger charge is -2.18. The molecule has 0 aliphatic rings. The Hall–Kier alpha value is -3.15. The minimum absolute atomic E-state index is 0.113. The summed E-state index contributed by atoms with van der Waals surface area (Å²) in [7, 11) is 0. The normalized spacial score (nSPS) is 12.7. The number of carbonyl (C=O) groups is 3. The fourth-order valence-corrected chi connectivity index (χ4v) is 5.43. The predicted molar refractivity (Wildman–Crippen MR) is 224 cm³/mol. The van der Waals surface area contributed by atoms with Gasteiger partial charge in [-0.3, -0.25) is 14.4 Å². The van der Waals surface area contributed by atoms with Gasteiger partial charge in [0.15, 0.2) is 6.10 Å². The van der Waals surface area contributed by atoms with Crippen molar-refractivity contribution in [3.05, 3.63) is 72.9 Å². The maximum Gasteiger partial charge on any atom is 0.306 e. The second-order valence-electron chi connectivity index (χ2n) is 13.9. The Labute approximate surface area is 325 Å². The van der Waals surface area contributed by atoms with Crippen molar-refractivity contribution in [3.8, 4) is 0 Å². The molecule has 53 heavy (non-hydrogen) atoms. The van der Waals surface area contributed by atoms with Gasteiger partial charge in [-0.15, -0.1) is 0 Å². The van der Waals surface area contributed by atoms with E-state index in [1.807, 2.05) is 0 Å². The van der Waals surface area contributed by atoms with Crippen LogP contribution in [0, 0.1) is 0 Å². The number of carbonyl (C=O) groups excluding carboxylic acids is 3. The highest BCUT2D eigenvalue weighted by molar-refractivity contribution is 5.71. The van der Waals surface area contributed by atoms with E-state index in [1.54, 1.807) is 0 Å². The van der Waals surface area contributed by atoms with E-state index >= 15 is 0 Å². The molecule has 1 atom stereocenters. The molecule has 0 rings (SSSR count). The zero-order valence-corrected chi connectivity index (χ0v) is 34.3. The molecule has 0 aromatic rings. The summed E-state index contributed by atoms with van der Waals surface area (Å²) in [6.07, 6.45) is 50.4. The molecular formula is C47H78O6. The van der Waals surface area contributed by atoms with E-state index in [2.05, 4.69) is 93.7 Å². The van der Waals surface area contributed by atoms with Crippen LogP contribution in [-0.4, -0.2) is 37.2 Å². The molecule has 0 N–H and O–H groups in total.